The predicted octanol–water partition coefficient (Wildman–Crippen LogP) is 1.28. The Morgan fingerprint density at radius 3 is 3.12 bits per heavy atom. The molecule has 1 amide bonds. The molecule has 0 aliphatic carbocycles. The summed E-state index contributed by atoms with van der Waals surface area (Å²) >= 11 is 1.50. The van der Waals surface area contributed by atoms with Crippen LogP contribution in [0.3, 0.4) is 0 Å². The Labute approximate surface area is 144 Å². The molecule has 0 spiro atoms. The number of thiazole rings is 1. The van der Waals surface area contributed by atoms with E-state index in [1.54, 1.807) is 23.5 Å². The number of carbonyl (C=O) groups excluding carboxylic acids is 1. The topological polar surface area (TPSA) is 67.2 Å². The Bertz CT molecular complexity index is 814. The first kappa shape index (κ1) is 15.5. The van der Waals surface area contributed by atoms with Crippen LogP contribution in [-0.2, 0) is 13.1 Å². The molecule has 1 fully saturated rings. The summed E-state index contributed by atoms with van der Waals surface area (Å²) in [6, 6.07) is 3.65. The van der Waals surface area contributed by atoms with Crippen molar-refractivity contribution in [3.8, 4) is 0 Å². The number of rotatable bonds is 3. The lowest BCUT2D eigenvalue weighted by Gasteiger charge is -2.37. The summed E-state index contributed by atoms with van der Waals surface area (Å²) in [5.41, 5.74) is 3.74. The molecule has 24 heavy (non-hydrogen) atoms. The molecule has 2 aliphatic heterocycles. The highest BCUT2D eigenvalue weighted by molar-refractivity contribution is 7.07. The summed E-state index contributed by atoms with van der Waals surface area (Å²) < 4.78 is 1.82. The molecular formula is C17H20N4O2S. The summed E-state index contributed by atoms with van der Waals surface area (Å²) in [5.74, 6) is 0.617. The highest BCUT2D eigenvalue weighted by Crippen LogP contribution is 2.31. The molecule has 1 saturated heterocycles. The maximum absolute atomic E-state index is 12.9. The van der Waals surface area contributed by atoms with E-state index in [9.17, 15) is 9.59 Å². The van der Waals surface area contributed by atoms with Crippen molar-refractivity contribution in [2.45, 2.75) is 25.4 Å². The number of nitrogens with one attached hydrogen (secondary N) is 1. The zero-order valence-electron chi connectivity index (χ0n) is 13.6. The Hall–Kier alpha value is -1.99. The van der Waals surface area contributed by atoms with Gasteiger partial charge in [-0.15, -0.1) is 11.3 Å². The van der Waals surface area contributed by atoms with Gasteiger partial charge in [-0.25, -0.2) is 4.98 Å². The third-order valence-electron chi connectivity index (χ3n) is 4.97. The van der Waals surface area contributed by atoms with Gasteiger partial charge in [-0.05, 0) is 31.0 Å². The number of hydrogen-bond donors (Lipinski definition) is 1. The van der Waals surface area contributed by atoms with E-state index in [1.807, 2.05) is 16.0 Å². The summed E-state index contributed by atoms with van der Waals surface area (Å²) in [7, 11) is 1.71. The van der Waals surface area contributed by atoms with Crippen molar-refractivity contribution in [3.63, 3.8) is 0 Å². The number of aromatic nitrogens is 2. The van der Waals surface area contributed by atoms with Crippen molar-refractivity contribution >= 4 is 17.2 Å². The quantitative estimate of drug-likeness (QED) is 0.911. The maximum atomic E-state index is 12.9. The van der Waals surface area contributed by atoms with Gasteiger partial charge in [-0.3, -0.25) is 9.59 Å². The minimum absolute atomic E-state index is 0.153. The number of pyridine rings is 1. The van der Waals surface area contributed by atoms with Crippen molar-refractivity contribution in [1.29, 1.82) is 0 Å². The molecule has 0 unspecified atom stereocenters. The third kappa shape index (κ3) is 2.67. The summed E-state index contributed by atoms with van der Waals surface area (Å²) in [6.07, 6.45) is 1.13. The van der Waals surface area contributed by atoms with E-state index >= 15 is 0 Å². The monoisotopic (exact) mass is 344 g/mol. The lowest BCUT2D eigenvalue weighted by Crippen LogP contribution is -2.46. The first-order chi connectivity index (χ1) is 11.6. The van der Waals surface area contributed by atoms with Crippen LogP contribution in [0.25, 0.3) is 0 Å². The zero-order chi connectivity index (χ0) is 16.7. The van der Waals surface area contributed by atoms with E-state index < -0.39 is 0 Å². The van der Waals surface area contributed by atoms with E-state index in [0.29, 0.717) is 24.9 Å². The molecule has 0 aromatic carbocycles. The second kappa shape index (κ2) is 6.14. The molecule has 6 nitrogen and oxygen atoms in total. The fraction of sp³-hybridized carbons (Fsp3) is 0.471. The van der Waals surface area contributed by atoms with Gasteiger partial charge in [0.25, 0.3) is 11.5 Å². The first-order valence-electron chi connectivity index (χ1n) is 8.20. The van der Waals surface area contributed by atoms with Crippen LogP contribution in [0.4, 0.5) is 0 Å². The van der Waals surface area contributed by atoms with Crippen molar-refractivity contribution < 1.29 is 4.79 Å². The lowest BCUT2D eigenvalue weighted by molar-refractivity contribution is 0.0780. The van der Waals surface area contributed by atoms with Crippen molar-refractivity contribution in [1.82, 2.24) is 19.8 Å². The molecule has 0 saturated carbocycles. The molecular weight excluding hydrogens is 324 g/mol. The Balaban J connectivity index is 1.63. The molecule has 1 N–H and O–H groups in total. The number of piperidine rings is 1. The van der Waals surface area contributed by atoms with Gasteiger partial charge in [-0.1, -0.05) is 0 Å². The van der Waals surface area contributed by atoms with Crippen LogP contribution in [0.5, 0.6) is 0 Å². The van der Waals surface area contributed by atoms with Crippen molar-refractivity contribution in [2.75, 3.05) is 20.1 Å². The molecule has 2 bridgehead atoms. The number of carbonyl (C=O) groups is 1. The normalized spacial score (nSPS) is 22.0. The first-order valence-corrected chi connectivity index (χ1v) is 9.14. The van der Waals surface area contributed by atoms with Gasteiger partial charge in [0.15, 0.2) is 0 Å². The van der Waals surface area contributed by atoms with Crippen LogP contribution in [0, 0.1) is 5.92 Å². The van der Waals surface area contributed by atoms with Gasteiger partial charge in [0.1, 0.15) is 5.56 Å². The van der Waals surface area contributed by atoms with E-state index in [2.05, 4.69) is 10.3 Å². The zero-order valence-corrected chi connectivity index (χ0v) is 14.4. The van der Waals surface area contributed by atoms with Gasteiger partial charge < -0.3 is 14.8 Å². The van der Waals surface area contributed by atoms with Gasteiger partial charge >= 0.3 is 0 Å². The number of amides is 1. The van der Waals surface area contributed by atoms with Crippen LogP contribution in [-0.4, -0.2) is 40.5 Å². The van der Waals surface area contributed by atoms with Crippen LogP contribution < -0.4 is 10.9 Å². The number of nitrogens with zero attached hydrogens (tertiary/aromatic N) is 3. The predicted molar refractivity (Wildman–Crippen MR) is 92.3 cm³/mol. The van der Waals surface area contributed by atoms with E-state index in [4.69, 9.17) is 0 Å². The molecule has 7 heteroatoms. The van der Waals surface area contributed by atoms with Gasteiger partial charge in [0.2, 0.25) is 0 Å². The minimum atomic E-state index is -0.239. The fourth-order valence-electron chi connectivity index (χ4n) is 3.79. The molecule has 126 valence electrons. The molecule has 2 aliphatic rings. The molecule has 0 radical (unpaired) electrons. The summed E-state index contributed by atoms with van der Waals surface area (Å²) in [6.45, 7) is 2.98. The summed E-state index contributed by atoms with van der Waals surface area (Å²) in [4.78, 5) is 31.3. The Morgan fingerprint density at radius 1 is 1.46 bits per heavy atom. The molecule has 2 atom stereocenters. The van der Waals surface area contributed by atoms with Crippen LogP contribution in [0.1, 0.15) is 34.1 Å². The van der Waals surface area contributed by atoms with E-state index in [0.717, 1.165) is 30.9 Å². The fourth-order valence-corrected chi connectivity index (χ4v) is 4.34. The smallest absolute Gasteiger partial charge is 0.263 e. The average Bonchev–Trinajstić information content (AvgIpc) is 3.08. The minimum Gasteiger partial charge on any atom is -0.336 e. The second-order valence-corrected chi connectivity index (χ2v) is 7.40. The highest BCUT2D eigenvalue weighted by atomic mass is 32.1. The van der Waals surface area contributed by atoms with E-state index in [-0.39, 0.29) is 17.0 Å². The lowest BCUT2D eigenvalue weighted by atomic mass is 9.84. The molecule has 4 heterocycles. The average molecular weight is 344 g/mol. The second-order valence-electron chi connectivity index (χ2n) is 6.69. The SMILES string of the molecule is CN(Cc1cscn1)C(=O)c1ccc2n(c1=O)C[C@@H]1CNC[C@H]2C1. The maximum Gasteiger partial charge on any atom is 0.263 e. The van der Waals surface area contributed by atoms with Gasteiger partial charge in [0, 0.05) is 37.1 Å². The molecule has 2 aromatic rings. The number of hydrogen-bond acceptors (Lipinski definition) is 5. The van der Waals surface area contributed by atoms with E-state index in [1.165, 1.54) is 11.3 Å². The molecule has 4 rings (SSSR count). The van der Waals surface area contributed by atoms with Gasteiger partial charge in [-0.2, -0.15) is 0 Å². The third-order valence-corrected chi connectivity index (χ3v) is 5.60. The largest absolute Gasteiger partial charge is 0.336 e. The summed E-state index contributed by atoms with van der Waals surface area (Å²) in [5, 5.41) is 5.35. The van der Waals surface area contributed by atoms with Crippen LogP contribution in [0.15, 0.2) is 27.8 Å². The van der Waals surface area contributed by atoms with Crippen LogP contribution in [0.2, 0.25) is 0 Å². The van der Waals surface area contributed by atoms with Crippen LogP contribution >= 0.6 is 11.3 Å². The number of fused-ring (bicyclic) bond motifs is 4. The highest BCUT2D eigenvalue weighted by Gasteiger charge is 2.32. The standard InChI is InChI=1S/C17H20N4O2S/c1-20(8-13-9-24-10-19-13)16(22)14-2-3-15-12-4-11(5-18-6-12)7-21(15)17(14)23/h2-3,9-12,18H,4-8H2,1H3/t11-,12+/m0/s1. The Morgan fingerprint density at radius 2 is 2.33 bits per heavy atom. The Kier molecular flexibility index (Phi) is 3.97. The van der Waals surface area contributed by atoms with Crippen molar-refractivity contribution in [2.24, 2.45) is 5.92 Å². The van der Waals surface area contributed by atoms with Crippen molar-refractivity contribution in [3.05, 3.63) is 50.3 Å². The van der Waals surface area contributed by atoms with Gasteiger partial charge in [0.05, 0.1) is 17.7 Å². The molecule has 2 aromatic heterocycles.